The minimum absolute atomic E-state index is 0.117. The summed E-state index contributed by atoms with van der Waals surface area (Å²) in [5.74, 6) is -0.0272. The van der Waals surface area contributed by atoms with Crippen molar-refractivity contribution in [2.45, 2.75) is 24.5 Å². The minimum Gasteiger partial charge on any atom is -0.404 e. The van der Waals surface area contributed by atoms with Gasteiger partial charge in [0.15, 0.2) is 17.7 Å². The number of hydrogen-bond donors (Lipinski definition) is 4. The van der Waals surface area contributed by atoms with Gasteiger partial charge in [-0.15, -0.1) is 0 Å². The summed E-state index contributed by atoms with van der Waals surface area (Å²) in [6.07, 6.45) is -2.75. The van der Waals surface area contributed by atoms with Gasteiger partial charge < -0.3 is 25.2 Å². The third-order valence-electron chi connectivity index (χ3n) is 4.67. The number of aliphatic hydroxyl groups excluding tert-OH is 2. The quantitative estimate of drug-likeness (QED) is 0.206. The number of aliphatic hydroxyl groups is 2. The SMILES string of the molecule is Nc1ncnc2c1ncn2[C@@H]1O[C@H](COP(=O)(O)Oc2ccc([N+](=O)[O-])cc2)[C@@H](O)[C@H]1O. The number of imidazole rings is 1. The molecule has 0 radical (unpaired) electrons. The van der Waals surface area contributed by atoms with Crippen LogP contribution in [-0.4, -0.2) is 64.5 Å². The molecule has 32 heavy (non-hydrogen) atoms. The molecule has 1 saturated heterocycles. The van der Waals surface area contributed by atoms with Crippen LogP contribution >= 0.6 is 7.82 Å². The van der Waals surface area contributed by atoms with E-state index in [0.29, 0.717) is 0 Å². The molecular formula is C16H17N6O9P. The van der Waals surface area contributed by atoms with Gasteiger partial charge in [-0.05, 0) is 12.1 Å². The van der Waals surface area contributed by atoms with Gasteiger partial charge >= 0.3 is 7.82 Å². The topological polar surface area (TPSA) is 218 Å². The lowest BCUT2D eigenvalue weighted by Gasteiger charge is -2.18. The average molecular weight is 468 g/mol. The molecule has 0 aliphatic carbocycles. The van der Waals surface area contributed by atoms with Crippen molar-refractivity contribution in [2.75, 3.05) is 12.3 Å². The first-order valence-corrected chi connectivity index (χ1v) is 10.5. The fourth-order valence-corrected chi connectivity index (χ4v) is 3.88. The Morgan fingerprint density at radius 2 is 1.94 bits per heavy atom. The van der Waals surface area contributed by atoms with Crippen LogP contribution in [0.3, 0.4) is 0 Å². The second kappa shape index (κ2) is 8.38. The predicted octanol–water partition coefficient (Wildman–Crippen LogP) is 0.132. The standard InChI is InChI=1S/C16H17N6O9P/c17-14-11-15(19-6-18-14)21(7-20-11)16-13(24)12(23)10(30-16)5-29-32(27,28)31-9-3-1-8(2-4-9)22(25)26/h1-4,6-7,10,12-13,16,23-24H,5H2,(H,27,28)(H2,17,18,19)/t10-,12-,13-,16-/m1/s1. The molecule has 0 spiro atoms. The van der Waals surface area contributed by atoms with Crippen molar-refractivity contribution in [3.05, 3.63) is 47.0 Å². The number of anilines is 1. The summed E-state index contributed by atoms with van der Waals surface area (Å²) < 4.78 is 28.9. The van der Waals surface area contributed by atoms with Crippen molar-refractivity contribution in [3.63, 3.8) is 0 Å². The summed E-state index contributed by atoms with van der Waals surface area (Å²) in [4.78, 5) is 31.9. The fraction of sp³-hybridized carbons (Fsp3) is 0.312. The summed E-state index contributed by atoms with van der Waals surface area (Å²) in [7, 11) is -4.68. The van der Waals surface area contributed by atoms with E-state index in [2.05, 4.69) is 15.0 Å². The number of phosphoric ester groups is 1. The zero-order valence-electron chi connectivity index (χ0n) is 16.0. The Hall–Kier alpha value is -3.20. The molecule has 1 aromatic carbocycles. The number of nitro benzene ring substituents is 1. The lowest BCUT2D eigenvalue weighted by molar-refractivity contribution is -0.384. The highest BCUT2D eigenvalue weighted by molar-refractivity contribution is 7.47. The molecule has 15 nitrogen and oxygen atoms in total. The van der Waals surface area contributed by atoms with E-state index < -0.39 is 43.9 Å². The molecule has 16 heteroatoms. The molecule has 0 bridgehead atoms. The number of fused-ring (bicyclic) bond motifs is 1. The summed E-state index contributed by atoms with van der Waals surface area (Å²) >= 11 is 0. The number of nitro groups is 1. The number of nitrogens with zero attached hydrogens (tertiary/aromatic N) is 5. The molecule has 2 aromatic heterocycles. The molecule has 1 aliphatic heterocycles. The molecule has 5 N–H and O–H groups in total. The first-order chi connectivity index (χ1) is 15.2. The zero-order chi connectivity index (χ0) is 23.0. The van der Waals surface area contributed by atoms with Crippen LogP contribution in [0.2, 0.25) is 0 Å². The number of nitrogens with two attached hydrogens (primary N) is 1. The van der Waals surface area contributed by atoms with Gasteiger partial charge in [0.2, 0.25) is 0 Å². The normalized spacial score (nSPS) is 25.0. The third-order valence-corrected chi connectivity index (χ3v) is 5.59. The molecule has 0 saturated carbocycles. The second-order valence-electron chi connectivity index (χ2n) is 6.74. The number of phosphoric acid groups is 1. The van der Waals surface area contributed by atoms with Crippen molar-refractivity contribution >= 4 is 30.5 Å². The van der Waals surface area contributed by atoms with E-state index in [-0.39, 0.29) is 28.4 Å². The van der Waals surface area contributed by atoms with Crippen LogP contribution in [0.1, 0.15) is 6.23 Å². The molecule has 5 atom stereocenters. The Morgan fingerprint density at radius 3 is 2.62 bits per heavy atom. The van der Waals surface area contributed by atoms with Crippen LogP contribution < -0.4 is 10.3 Å². The Bertz CT molecular complexity index is 1190. The molecule has 1 unspecified atom stereocenters. The number of ether oxygens (including phenoxy) is 1. The van der Waals surface area contributed by atoms with Crippen molar-refractivity contribution in [2.24, 2.45) is 0 Å². The Balaban J connectivity index is 1.42. The van der Waals surface area contributed by atoms with Crippen LogP contribution in [0.5, 0.6) is 5.75 Å². The predicted molar refractivity (Wildman–Crippen MR) is 105 cm³/mol. The summed E-state index contributed by atoms with van der Waals surface area (Å²) in [6.45, 7) is -0.612. The molecule has 0 amide bonds. The van der Waals surface area contributed by atoms with Crippen LogP contribution in [0, 0.1) is 10.1 Å². The van der Waals surface area contributed by atoms with E-state index in [9.17, 15) is 29.8 Å². The Labute approximate surface area is 178 Å². The summed E-state index contributed by atoms with van der Waals surface area (Å²) in [5, 5.41) is 31.4. The first kappa shape index (κ1) is 22.0. The number of non-ortho nitro benzene ring substituents is 1. The number of nitrogen functional groups attached to an aromatic ring is 1. The number of benzene rings is 1. The molecule has 4 rings (SSSR count). The van der Waals surface area contributed by atoms with Crippen molar-refractivity contribution in [3.8, 4) is 5.75 Å². The molecule has 1 aliphatic rings. The van der Waals surface area contributed by atoms with Crippen molar-refractivity contribution in [1.29, 1.82) is 0 Å². The summed E-state index contributed by atoms with van der Waals surface area (Å²) in [5.41, 5.74) is 6.03. The average Bonchev–Trinajstić information content (AvgIpc) is 3.29. The number of hydrogen-bond acceptors (Lipinski definition) is 12. The first-order valence-electron chi connectivity index (χ1n) is 9.02. The van der Waals surface area contributed by atoms with Gasteiger partial charge in [-0.1, -0.05) is 0 Å². The third kappa shape index (κ3) is 4.25. The lowest BCUT2D eigenvalue weighted by atomic mass is 10.1. The highest BCUT2D eigenvalue weighted by atomic mass is 31.2. The van der Waals surface area contributed by atoms with Gasteiger partial charge in [-0.25, -0.2) is 19.5 Å². The summed E-state index contributed by atoms with van der Waals surface area (Å²) in [6, 6.07) is 4.43. The maximum absolute atomic E-state index is 12.2. The highest BCUT2D eigenvalue weighted by Crippen LogP contribution is 2.45. The fourth-order valence-electron chi connectivity index (χ4n) is 3.11. The largest absolute Gasteiger partial charge is 0.527 e. The zero-order valence-corrected chi connectivity index (χ0v) is 16.9. The van der Waals surface area contributed by atoms with Gasteiger partial charge in [-0.3, -0.25) is 24.1 Å². The maximum Gasteiger partial charge on any atom is 0.527 e. The monoisotopic (exact) mass is 468 g/mol. The van der Waals surface area contributed by atoms with Crippen molar-refractivity contribution < 1.29 is 38.4 Å². The molecule has 1 fully saturated rings. The Kier molecular flexibility index (Phi) is 5.77. The van der Waals surface area contributed by atoms with Gasteiger partial charge in [0.25, 0.3) is 5.69 Å². The van der Waals surface area contributed by atoms with E-state index >= 15 is 0 Å². The van der Waals surface area contributed by atoms with Crippen LogP contribution in [-0.2, 0) is 13.8 Å². The molecule has 3 aromatic rings. The van der Waals surface area contributed by atoms with Crippen molar-refractivity contribution in [1.82, 2.24) is 19.5 Å². The molecule has 3 heterocycles. The van der Waals surface area contributed by atoms with Crippen LogP contribution in [0.4, 0.5) is 11.5 Å². The molecule has 170 valence electrons. The van der Waals surface area contributed by atoms with E-state index in [1.54, 1.807) is 0 Å². The van der Waals surface area contributed by atoms with Gasteiger partial charge in [-0.2, -0.15) is 0 Å². The van der Waals surface area contributed by atoms with Gasteiger partial charge in [0.05, 0.1) is 17.9 Å². The van der Waals surface area contributed by atoms with E-state index in [1.165, 1.54) is 17.2 Å². The minimum atomic E-state index is -4.68. The van der Waals surface area contributed by atoms with Gasteiger partial charge in [0, 0.05) is 12.1 Å². The van der Waals surface area contributed by atoms with Gasteiger partial charge in [0.1, 0.15) is 35.9 Å². The second-order valence-corrected chi connectivity index (χ2v) is 8.11. The van der Waals surface area contributed by atoms with E-state index in [0.717, 1.165) is 24.3 Å². The van der Waals surface area contributed by atoms with E-state index in [1.807, 2.05) is 0 Å². The Morgan fingerprint density at radius 1 is 1.22 bits per heavy atom. The molecular weight excluding hydrogens is 451 g/mol. The number of rotatable bonds is 7. The lowest BCUT2D eigenvalue weighted by Crippen LogP contribution is -2.33. The van der Waals surface area contributed by atoms with Crippen LogP contribution in [0.25, 0.3) is 11.2 Å². The van der Waals surface area contributed by atoms with Crippen LogP contribution in [0.15, 0.2) is 36.9 Å². The highest BCUT2D eigenvalue weighted by Gasteiger charge is 2.45. The maximum atomic E-state index is 12.2. The van der Waals surface area contributed by atoms with E-state index in [4.69, 9.17) is 19.5 Å². The smallest absolute Gasteiger partial charge is 0.404 e. The number of aromatic nitrogens is 4.